The Labute approximate surface area is 153 Å². The van der Waals surface area contributed by atoms with Gasteiger partial charge in [-0.25, -0.2) is 0 Å². The molecule has 138 valence electrons. The van der Waals surface area contributed by atoms with Gasteiger partial charge in [-0.3, -0.25) is 9.59 Å². The standard InChI is InChI=1S/C21H25NO4/c1-22(20(23)14-26-21(24)16-5-3-4-6-16)13-15-7-8-18-12-19(25-2)10-9-17(18)11-15/h7-12,16H,3-6,13-14H2,1-2H3. The number of carbonyl (C=O) groups is 2. The summed E-state index contributed by atoms with van der Waals surface area (Å²) in [5.74, 6) is 0.377. The van der Waals surface area contributed by atoms with Gasteiger partial charge in [0.25, 0.3) is 5.91 Å². The summed E-state index contributed by atoms with van der Waals surface area (Å²) in [5, 5.41) is 2.18. The largest absolute Gasteiger partial charge is 0.497 e. The highest BCUT2D eigenvalue weighted by Crippen LogP contribution is 2.26. The number of hydrogen-bond acceptors (Lipinski definition) is 4. The van der Waals surface area contributed by atoms with Crippen LogP contribution >= 0.6 is 0 Å². The summed E-state index contributed by atoms with van der Waals surface area (Å²) in [6, 6.07) is 12.0. The van der Waals surface area contributed by atoms with Gasteiger partial charge < -0.3 is 14.4 Å². The van der Waals surface area contributed by atoms with E-state index in [0.29, 0.717) is 6.54 Å². The number of nitrogens with zero attached hydrogens (tertiary/aromatic N) is 1. The summed E-state index contributed by atoms with van der Waals surface area (Å²) in [5.41, 5.74) is 1.03. The third-order valence-corrected chi connectivity index (χ3v) is 4.98. The van der Waals surface area contributed by atoms with Crippen LogP contribution in [-0.2, 0) is 20.9 Å². The molecule has 2 aromatic carbocycles. The monoisotopic (exact) mass is 355 g/mol. The minimum absolute atomic E-state index is 0.0226. The van der Waals surface area contributed by atoms with Crippen LogP contribution in [0, 0.1) is 5.92 Å². The highest BCUT2D eigenvalue weighted by atomic mass is 16.5. The predicted molar refractivity (Wildman–Crippen MR) is 99.9 cm³/mol. The van der Waals surface area contributed by atoms with Crippen molar-refractivity contribution in [1.82, 2.24) is 4.90 Å². The van der Waals surface area contributed by atoms with Crippen molar-refractivity contribution in [2.45, 2.75) is 32.2 Å². The number of hydrogen-bond donors (Lipinski definition) is 0. The van der Waals surface area contributed by atoms with Crippen LogP contribution in [0.3, 0.4) is 0 Å². The highest BCUT2D eigenvalue weighted by molar-refractivity contribution is 5.85. The Bertz CT molecular complexity index is 796. The summed E-state index contributed by atoms with van der Waals surface area (Å²) in [4.78, 5) is 25.8. The lowest BCUT2D eigenvalue weighted by Crippen LogP contribution is -2.31. The van der Waals surface area contributed by atoms with E-state index in [1.807, 2.05) is 30.3 Å². The minimum Gasteiger partial charge on any atom is -0.497 e. The second-order valence-electron chi connectivity index (χ2n) is 6.89. The number of esters is 1. The fourth-order valence-corrected chi connectivity index (χ4v) is 3.38. The van der Waals surface area contributed by atoms with Gasteiger partial charge in [-0.05, 0) is 47.4 Å². The van der Waals surface area contributed by atoms with Crippen LogP contribution in [0.25, 0.3) is 10.8 Å². The maximum absolute atomic E-state index is 12.2. The Morgan fingerprint density at radius 2 is 1.77 bits per heavy atom. The molecule has 0 N–H and O–H groups in total. The predicted octanol–water partition coefficient (Wildman–Crippen LogP) is 3.54. The third-order valence-electron chi connectivity index (χ3n) is 4.98. The first-order chi connectivity index (χ1) is 12.6. The maximum atomic E-state index is 12.2. The number of ether oxygens (including phenoxy) is 2. The summed E-state index contributed by atoms with van der Waals surface area (Å²) >= 11 is 0. The Morgan fingerprint density at radius 3 is 2.50 bits per heavy atom. The van der Waals surface area contributed by atoms with Crippen molar-refractivity contribution >= 4 is 22.6 Å². The molecule has 0 aliphatic heterocycles. The third kappa shape index (κ3) is 4.34. The topological polar surface area (TPSA) is 55.8 Å². The van der Waals surface area contributed by atoms with E-state index in [4.69, 9.17) is 9.47 Å². The van der Waals surface area contributed by atoms with Crippen molar-refractivity contribution < 1.29 is 19.1 Å². The van der Waals surface area contributed by atoms with Crippen LogP contribution < -0.4 is 4.74 Å². The molecule has 0 heterocycles. The molecule has 5 nitrogen and oxygen atoms in total. The summed E-state index contributed by atoms with van der Waals surface area (Å²) in [6.45, 7) is 0.290. The molecule has 1 amide bonds. The van der Waals surface area contributed by atoms with Gasteiger partial charge in [0.05, 0.1) is 13.0 Å². The molecule has 1 aliphatic carbocycles. The number of amides is 1. The van der Waals surface area contributed by atoms with Crippen molar-refractivity contribution in [3.63, 3.8) is 0 Å². The van der Waals surface area contributed by atoms with Crippen LogP contribution in [0.4, 0.5) is 0 Å². The van der Waals surface area contributed by atoms with Crippen molar-refractivity contribution in [2.75, 3.05) is 20.8 Å². The molecule has 2 aromatic rings. The van der Waals surface area contributed by atoms with Crippen molar-refractivity contribution in [2.24, 2.45) is 5.92 Å². The lowest BCUT2D eigenvalue weighted by molar-refractivity contribution is -0.155. The molecule has 3 rings (SSSR count). The Hall–Kier alpha value is -2.56. The van der Waals surface area contributed by atoms with Crippen molar-refractivity contribution in [1.29, 1.82) is 0 Å². The molecule has 1 saturated carbocycles. The zero-order valence-corrected chi connectivity index (χ0v) is 15.4. The molecular weight excluding hydrogens is 330 g/mol. The average Bonchev–Trinajstić information content (AvgIpc) is 3.20. The Morgan fingerprint density at radius 1 is 1.08 bits per heavy atom. The lowest BCUT2D eigenvalue weighted by atomic mass is 10.1. The van der Waals surface area contributed by atoms with E-state index in [9.17, 15) is 9.59 Å². The minimum atomic E-state index is -0.232. The van der Waals surface area contributed by atoms with Crippen LogP contribution in [0.15, 0.2) is 36.4 Å². The summed E-state index contributed by atoms with van der Waals surface area (Å²) in [6.07, 6.45) is 3.90. The molecule has 0 spiro atoms. The number of benzene rings is 2. The zero-order chi connectivity index (χ0) is 18.5. The first kappa shape index (κ1) is 18.2. The molecule has 0 saturated heterocycles. The lowest BCUT2D eigenvalue weighted by Gasteiger charge is -2.18. The average molecular weight is 355 g/mol. The van der Waals surface area contributed by atoms with E-state index in [-0.39, 0.29) is 24.4 Å². The summed E-state index contributed by atoms with van der Waals surface area (Å²) in [7, 11) is 3.37. The van der Waals surface area contributed by atoms with Gasteiger partial charge in [-0.1, -0.05) is 31.0 Å². The Balaban J connectivity index is 1.56. The number of fused-ring (bicyclic) bond motifs is 1. The van der Waals surface area contributed by atoms with Crippen LogP contribution in [0.1, 0.15) is 31.2 Å². The molecule has 26 heavy (non-hydrogen) atoms. The number of carbonyl (C=O) groups excluding carboxylic acids is 2. The fraction of sp³-hybridized carbons (Fsp3) is 0.429. The molecule has 0 aromatic heterocycles. The molecule has 0 radical (unpaired) electrons. The molecular formula is C21H25NO4. The quantitative estimate of drug-likeness (QED) is 0.744. The van der Waals surface area contributed by atoms with Gasteiger partial charge in [0.15, 0.2) is 6.61 Å². The van der Waals surface area contributed by atoms with E-state index in [0.717, 1.165) is 47.8 Å². The van der Waals surface area contributed by atoms with E-state index in [2.05, 4.69) is 6.07 Å². The second-order valence-corrected chi connectivity index (χ2v) is 6.89. The molecule has 1 fully saturated rings. The zero-order valence-electron chi connectivity index (χ0n) is 15.4. The van der Waals surface area contributed by atoms with Gasteiger partial charge >= 0.3 is 5.97 Å². The first-order valence-electron chi connectivity index (χ1n) is 9.04. The molecule has 0 bridgehead atoms. The van der Waals surface area contributed by atoms with Crippen LogP contribution in [0.5, 0.6) is 5.75 Å². The van der Waals surface area contributed by atoms with Crippen LogP contribution in [-0.4, -0.2) is 37.5 Å². The van der Waals surface area contributed by atoms with E-state index < -0.39 is 0 Å². The van der Waals surface area contributed by atoms with Gasteiger partial charge in [-0.15, -0.1) is 0 Å². The van der Waals surface area contributed by atoms with E-state index in [1.165, 1.54) is 0 Å². The highest BCUT2D eigenvalue weighted by Gasteiger charge is 2.25. The molecule has 0 unspecified atom stereocenters. The number of rotatable bonds is 6. The van der Waals surface area contributed by atoms with E-state index >= 15 is 0 Å². The van der Waals surface area contributed by atoms with E-state index in [1.54, 1.807) is 19.1 Å². The van der Waals surface area contributed by atoms with Gasteiger partial charge in [0, 0.05) is 13.6 Å². The van der Waals surface area contributed by atoms with Crippen molar-refractivity contribution in [3.8, 4) is 5.75 Å². The number of likely N-dealkylation sites (N-methyl/N-ethyl adjacent to an activating group) is 1. The number of methoxy groups -OCH3 is 1. The molecule has 1 aliphatic rings. The maximum Gasteiger partial charge on any atom is 0.309 e. The van der Waals surface area contributed by atoms with Crippen molar-refractivity contribution in [3.05, 3.63) is 42.0 Å². The Kier molecular flexibility index (Phi) is 5.76. The fourth-order valence-electron chi connectivity index (χ4n) is 3.38. The van der Waals surface area contributed by atoms with Gasteiger partial charge in [0.2, 0.25) is 0 Å². The SMILES string of the molecule is COc1ccc2cc(CN(C)C(=O)COC(=O)C3CCCC3)ccc2c1. The summed E-state index contributed by atoms with van der Waals surface area (Å²) < 4.78 is 10.4. The molecule has 0 atom stereocenters. The van der Waals surface area contributed by atoms with Crippen LogP contribution in [0.2, 0.25) is 0 Å². The smallest absolute Gasteiger partial charge is 0.309 e. The first-order valence-corrected chi connectivity index (χ1v) is 9.04. The normalized spacial score (nSPS) is 14.4. The van der Waals surface area contributed by atoms with Gasteiger partial charge in [-0.2, -0.15) is 0 Å². The second kappa shape index (κ2) is 8.21. The van der Waals surface area contributed by atoms with Gasteiger partial charge in [0.1, 0.15) is 5.75 Å². The molecule has 5 heteroatoms.